The van der Waals surface area contributed by atoms with Gasteiger partial charge in [0.15, 0.2) is 5.82 Å². The lowest BCUT2D eigenvalue weighted by Crippen LogP contribution is -1.88. The first-order valence-corrected chi connectivity index (χ1v) is 8.61. The van der Waals surface area contributed by atoms with Gasteiger partial charge in [0.05, 0.1) is 12.0 Å². The molecule has 3 aromatic heterocycles. The van der Waals surface area contributed by atoms with E-state index in [1.165, 1.54) is 11.3 Å². The highest BCUT2D eigenvalue weighted by Crippen LogP contribution is 2.25. The van der Waals surface area contributed by atoms with E-state index < -0.39 is 0 Å². The largest absolute Gasteiger partial charge is 0.497 e. The van der Waals surface area contributed by atoms with Gasteiger partial charge in [0.2, 0.25) is 4.96 Å². The molecule has 7 heteroatoms. The molecule has 0 atom stereocenters. The number of hydrogen-bond donors (Lipinski definition) is 0. The molecule has 0 unspecified atom stereocenters. The predicted molar refractivity (Wildman–Crippen MR) is 93.9 cm³/mol. The summed E-state index contributed by atoms with van der Waals surface area (Å²) in [6.45, 7) is 0. The normalized spacial score (nSPS) is 11.5. The Kier molecular flexibility index (Phi) is 3.64. The van der Waals surface area contributed by atoms with E-state index in [4.69, 9.17) is 4.74 Å². The number of hydrogen-bond acceptors (Lipinski definition) is 6. The second-order valence-corrected chi connectivity index (χ2v) is 6.68. The molecule has 114 valence electrons. The molecule has 0 aliphatic heterocycles. The van der Waals surface area contributed by atoms with Gasteiger partial charge in [-0.15, -0.1) is 21.5 Å². The van der Waals surface area contributed by atoms with Crippen LogP contribution in [0, 0.1) is 0 Å². The number of thiophene rings is 1. The van der Waals surface area contributed by atoms with E-state index in [2.05, 4.69) is 15.3 Å². The highest BCUT2D eigenvalue weighted by Gasteiger charge is 2.12. The molecule has 23 heavy (non-hydrogen) atoms. The number of benzene rings is 1. The summed E-state index contributed by atoms with van der Waals surface area (Å²) >= 11 is 3.14. The third-order valence-electron chi connectivity index (χ3n) is 3.28. The number of methoxy groups -OCH3 is 1. The Morgan fingerprint density at radius 1 is 1.09 bits per heavy atom. The van der Waals surface area contributed by atoms with E-state index in [1.807, 2.05) is 53.9 Å². The van der Waals surface area contributed by atoms with Gasteiger partial charge in [0, 0.05) is 0 Å². The molecule has 0 bridgehead atoms. The van der Waals surface area contributed by atoms with Gasteiger partial charge < -0.3 is 4.74 Å². The maximum atomic E-state index is 5.16. The Hall–Kier alpha value is -2.51. The van der Waals surface area contributed by atoms with Gasteiger partial charge in [-0.3, -0.25) is 0 Å². The molecular weight excluding hydrogens is 328 g/mol. The van der Waals surface area contributed by atoms with Crippen molar-refractivity contribution in [3.05, 3.63) is 52.3 Å². The molecule has 0 amide bonds. The smallest absolute Gasteiger partial charge is 0.235 e. The Morgan fingerprint density at radius 2 is 1.96 bits per heavy atom. The van der Waals surface area contributed by atoms with E-state index in [1.54, 1.807) is 23.0 Å². The first-order valence-electron chi connectivity index (χ1n) is 6.92. The third kappa shape index (κ3) is 2.76. The SMILES string of the molecule is COc1ccc(C=Cc2nn3c(-c4cccs4)nnc3s2)cc1. The first kappa shape index (κ1) is 14.1. The van der Waals surface area contributed by atoms with Crippen LogP contribution >= 0.6 is 22.7 Å². The molecule has 5 nitrogen and oxygen atoms in total. The molecule has 0 spiro atoms. The second kappa shape index (κ2) is 5.94. The van der Waals surface area contributed by atoms with Crippen LogP contribution in [-0.4, -0.2) is 26.9 Å². The van der Waals surface area contributed by atoms with Crippen molar-refractivity contribution < 1.29 is 4.74 Å². The van der Waals surface area contributed by atoms with Crippen LogP contribution in [0.4, 0.5) is 0 Å². The van der Waals surface area contributed by atoms with Crippen molar-refractivity contribution in [2.75, 3.05) is 7.11 Å². The van der Waals surface area contributed by atoms with Crippen LogP contribution in [0.1, 0.15) is 10.6 Å². The van der Waals surface area contributed by atoms with Crippen molar-refractivity contribution in [3.8, 4) is 16.5 Å². The van der Waals surface area contributed by atoms with Gasteiger partial charge in [0.1, 0.15) is 10.8 Å². The van der Waals surface area contributed by atoms with Gasteiger partial charge in [-0.2, -0.15) is 9.61 Å². The van der Waals surface area contributed by atoms with Crippen molar-refractivity contribution in [2.24, 2.45) is 0 Å². The fourth-order valence-corrected chi connectivity index (χ4v) is 3.58. The number of aromatic nitrogens is 4. The Balaban J connectivity index is 1.63. The maximum Gasteiger partial charge on any atom is 0.235 e. The molecule has 3 heterocycles. The van der Waals surface area contributed by atoms with Gasteiger partial charge in [-0.1, -0.05) is 35.6 Å². The zero-order chi connectivity index (χ0) is 15.6. The van der Waals surface area contributed by atoms with Crippen LogP contribution in [-0.2, 0) is 0 Å². The molecule has 0 radical (unpaired) electrons. The zero-order valence-corrected chi connectivity index (χ0v) is 13.8. The van der Waals surface area contributed by atoms with Crippen molar-refractivity contribution in [1.82, 2.24) is 19.8 Å². The molecule has 0 saturated heterocycles. The third-order valence-corrected chi connectivity index (χ3v) is 5.01. The topological polar surface area (TPSA) is 52.3 Å². The summed E-state index contributed by atoms with van der Waals surface area (Å²) in [6.07, 6.45) is 4.01. The summed E-state index contributed by atoms with van der Waals surface area (Å²) in [5.74, 6) is 1.64. The highest BCUT2D eigenvalue weighted by molar-refractivity contribution is 7.17. The average molecular weight is 340 g/mol. The minimum absolute atomic E-state index is 0.787. The lowest BCUT2D eigenvalue weighted by molar-refractivity contribution is 0.415. The van der Waals surface area contributed by atoms with E-state index in [0.29, 0.717) is 0 Å². The predicted octanol–water partition coefficient (Wildman–Crippen LogP) is 4.09. The zero-order valence-electron chi connectivity index (χ0n) is 12.2. The van der Waals surface area contributed by atoms with Gasteiger partial charge in [-0.05, 0) is 35.2 Å². The monoisotopic (exact) mass is 340 g/mol. The summed E-state index contributed by atoms with van der Waals surface area (Å²) in [5, 5.41) is 15.9. The molecule has 0 fully saturated rings. The maximum absolute atomic E-state index is 5.16. The Morgan fingerprint density at radius 3 is 2.70 bits per heavy atom. The summed E-state index contributed by atoms with van der Waals surface area (Å²) in [7, 11) is 1.66. The fourth-order valence-electron chi connectivity index (χ4n) is 2.14. The lowest BCUT2D eigenvalue weighted by Gasteiger charge is -1.98. The van der Waals surface area contributed by atoms with E-state index >= 15 is 0 Å². The molecule has 0 aliphatic rings. The quantitative estimate of drug-likeness (QED) is 0.561. The molecule has 4 rings (SSSR count). The fraction of sp³-hybridized carbons (Fsp3) is 0.0625. The van der Waals surface area contributed by atoms with Crippen LogP contribution in [0.15, 0.2) is 41.8 Å². The van der Waals surface area contributed by atoms with E-state index in [-0.39, 0.29) is 0 Å². The van der Waals surface area contributed by atoms with Crippen molar-refractivity contribution in [2.45, 2.75) is 0 Å². The van der Waals surface area contributed by atoms with Crippen molar-refractivity contribution in [3.63, 3.8) is 0 Å². The van der Waals surface area contributed by atoms with Crippen LogP contribution in [0.2, 0.25) is 0 Å². The molecule has 0 aliphatic carbocycles. The number of fused-ring (bicyclic) bond motifs is 1. The van der Waals surface area contributed by atoms with Gasteiger partial charge in [0.25, 0.3) is 0 Å². The molecule has 0 N–H and O–H groups in total. The summed E-state index contributed by atoms with van der Waals surface area (Å²) in [5.41, 5.74) is 1.09. The minimum atomic E-state index is 0.787. The number of nitrogens with zero attached hydrogens (tertiary/aromatic N) is 4. The second-order valence-electron chi connectivity index (χ2n) is 4.74. The minimum Gasteiger partial charge on any atom is -0.497 e. The average Bonchev–Trinajstić information content (AvgIpc) is 3.29. The molecule has 0 saturated carbocycles. The summed E-state index contributed by atoms with van der Waals surface area (Å²) in [4.78, 5) is 1.86. The molecular formula is C16H12N4OS2. The summed E-state index contributed by atoms with van der Waals surface area (Å²) in [6, 6.07) is 11.9. The van der Waals surface area contributed by atoms with Gasteiger partial charge >= 0.3 is 0 Å². The van der Waals surface area contributed by atoms with Crippen molar-refractivity contribution >= 4 is 39.8 Å². The van der Waals surface area contributed by atoms with Crippen LogP contribution in [0.25, 0.3) is 27.8 Å². The summed E-state index contributed by atoms with van der Waals surface area (Å²) < 4.78 is 6.95. The molecule has 4 aromatic rings. The Bertz CT molecular complexity index is 952. The molecule has 1 aromatic carbocycles. The van der Waals surface area contributed by atoms with Crippen LogP contribution in [0.5, 0.6) is 5.75 Å². The number of rotatable bonds is 4. The lowest BCUT2D eigenvalue weighted by atomic mass is 10.2. The van der Waals surface area contributed by atoms with Crippen LogP contribution < -0.4 is 4.74 Å². The van der Waals surface area contributed by atoms with E-state index in [0.717, 1.165) is 32.0 Å². The number of ether oxygens (including phenoxy) is 1. The standard InChI is InChI=1S/C16H12N4OS2/c1-21-12-7-4-11(5-8-12)6-9-14-19-20-15(13-3-2-10-22-13)17-18-16(20)23-14/h2-10H,1H3. The van der Waals surface area contributed by atoms with Gasteiger partial charge in [-0.25, -0.2) is 0 Å². The highest BCUT2D eigenvalue weighted by atomic mass is 32.1. The Labute approximate surface area is 140 Å². The van der Waals surface area contributed by atoms with E-state index in [9.17, 15) is 0 Å². The van der Waals surface area contributed by atoms with Crippen LogP contribution in [0.3, 0.4) is 0 Å². The first-order chi connectivity index (χ1) is 11.3. The van der Waals surface area contributed by atoms with Crippen molar-refractivity contribution in [1.29, 1.82) is 0 Å².